The zero-order chi connectivity index (χ0) is 16.7. The molecule has 1 heterocycles. The van der Waals surface area contributed by atoms with Crippen molar-refractivity contribution >= 4 is 5.91 Å². The fraction of sp³-hybridized carbons (Fsp3) is 0.947. The van der Waals surface area contributed by atoms with Crippen LogP contribution in [0.5, 0.6) is 0 Å². The minimum absolute atomic E-state index is 0.00506. The van der Waals surface area contributed by atoms with Gasteiger partial charge >= 0.3 is 0 Å². The smallest absolute Gasteiger partial charge is 0.275 e. The number of fused-ring (bicyclic) bond motifs is 2. The van der Waals surface area contributed by atoms with Gasteiger partial charge < -0.3 is 15.5 Å². The number of carbonyl (C=O) groups is 1. The summed E-state index contributed by atoms with van der Waals surface area (Å²) >= 11 is 0. The molecular formula is C19H37N3O+2. The lowest BCUT2D eigenvalue weighted by molar-refractivity contribution is -0.923. The Morgan fingerprint density at radius 1 is 1.22 bits per heavy atom. The van der Waals surface area contributed by atoms with Gasteiger partial charge in [-0.2, -0.15) is 0 Å². The Bertz CT molecular complexity index is 450. The van der Waals surface area contributed by atoms with Crippen molar-refractivity contribution in [1.82, 2.24) is 5.32 Å². The molecule has 4 heteroatoms. The summed E-state index contributed by atoms with van der Waals surface area (Å²) in [5.41, 5.74) is 0.231. The molecular weight excluding hydrogens is 286 g/mol. The number of hydrogen-bond donors (Lipinski definition) is 3. The van der Waals surface area contributed by atoms with Gasteiger partial charge in [0.05, 0.1) is 13.1 Å². The predicted octanol–water partition coefficient (Wildman–Crippen LogP) is -0.0520. The van der Waals surface area contributed by atoms with E-state index in [0.717, 1.165) is 18.5 Å². The molecule has 3 rings (SSSR count). The number of likely N-dealkylation sites (N-methyl/N-ethyl adjacent to an activating group) is 1. The van der Waals surface area contributed by atoms with Crippen LogP contribution in [0.1, 0.15) is 59.8 Å². The average molecular weight is 324 g/mol. The van der Waals surface area contributed by atoms with Crippen LogP contribution in [0.3, 0.4) is 0 Å². The number of nitrogens with one attached hydrogen (secondary N) is 2. The second kappa shape index (κ2) is 6.36. The molecule has 0 aromatic carbocycles. The summed E-state index contributed by atoms with van der Waals surface area (Å²) in [7, 11) is 0. The first-order valence-corrected chi connectivity index (χ1v) is 9.85. The molecule has 0 spiro atoms. The minimum Gasteiger partial charge on any atom is -0.345 e. The third kappa shape index (κ3) is 2.93. The van der Waals surface area contributed by atoms with E-state index in [1.54, 1.807) is 4.90 Å². The van der Waals surface area contributed by atoms with Crippen LogP contribution in [-0.2, 0) is 4.79 Å². The van der Waals surface area contributed by atoms with E-state index in [0.29, 0.717) is 12.5 Å². The molecule has 3 fully saturated rings. The van der Waals surface area contributed by atoms with Crippen molar-refractivity contribution in [1.29, 1.82) is 0 Å². The molecule has 4 N–H and O–H groups in total. The summed E-state index contributed by atoms with van der Waals surface area (Å²) in [6.45, 7) is 13.5. The van der Waals surface area contributed by atoms with Crippen LogP contribution in [0, 0.1) is 17.3 Å². The van der Waals surface area contributed by atoms with Crippen molar-refractivity contribution in [3.05, 3.63) is 0 Å². The van der Waals surface area contributed by atoms with E-state index in [4.69, 9.17) is 0 Å². The maximum atomic E-state index is 12.5. The van der Waals surface area contributed by atoms with Gasteiger partial charge in [-0.15, -0.1) is 0 Å². The molecule has 1 aliphatic heterocycles. The van der Waals surface area contributed by atoms with Gasteiger partial charge in [0.25, 0.3) is 5.91 Å². The molecule has 0 radical (unpaired) electrons. The Labute approximate surface area is 141 Å². The number of likely N-dealkylation sites (tertiary alicyclic amines) is 1. The monoisotopic (exact) mass is 323 g/mol. The first kappa shape index (κ1) is 17.2. The highest BCUT2D eigenvalue weighted by molar-refractivity contribution is 5.77. The summed E-state index contributed by atoms with van der Waals surface area (Å²) in [6, 6.07) is 0.752. The second-order valence-corrected chi connectivity index (χ2v) is 9.01. The van der Waals surface area contributed by atoms with Crippen LogP contribution in [-0.4, -0.2) is 43.7 Å². The van der Waals surface area contributed by atoms with E-state index in [2.05, 4.69) is 38.3 Å². The van der Waals surface area contributed by atoms with Crippen molar-refractivity contribution in [2.75, 3.05) is 26.2 Å². The Hall–Kier alpha value is -0.610. The quantitative estimate of drug-likeness (QED) is 0.631. The standard InChI is InChI=1S/C19H35N3O/c1-5-22-10-6-7-16(22)12-20-13-17(23)21-19(4)15-9-8-14(11-15)18(19,2)3/h14-16,20H,5-13H2,1-4H3,(H,21,23)/p+2/t14-,15+,16-,19-/m1/s1. The number of amides is 1. The van der Waals surface area contributed by atoms with Crippen LogP contribution in [0.25, 0.3) is 0 Å². The topological polar surface area (TPSA) is 50.2 Å². The lowest BCUT2D eigenvalue weighted by Gasteiger charge is -2.48. The molecule has 132 valence electrons. The Morgan fingerprint density at radius 2 is 1.96 bits per heavy atom. The molecule has 4 nitrogen and oxygen atoms in total. The zero-order valence-corrected chi connectivity index (χ0v) is 15.6. The largest absolute Gasteiger partial charge is 0.345 e. The maximum absolute atomic E-state index is 12.5. The number of nitrogens with two attached hydrogens (primary N) is 1. The third-order valence-corrected chi connectivity index (χ3v) is 7.87. The molecule has 0 aromatic rings. The first-order chi connectivity index (χ1) is 10.9. The Morgan fingerprint density at radius 3 is 2.61 bits per heavy atom. The van der Waals surface area contributed by atoms with Gasteiger partial charge in [-0.05, 0) is 50.4 Å². The van der Waals surface area contributed by atoms with Crippen LogP contribution in [0.2, 0.25) is 0 Å². The maximum Gasteiger partial charge on any atom is 0.275 e. The molecule has 23 heavy (non-hydrogen) atoms. The molecule has 5 atom stereocenters. The summed E-state index contributed by atoms with van der Waals surface area (Å²) < 4.78 is 0. The van der Waals surface area contributed by atoms with Gasteiger partial charge in [-0.1, -0.05) is 13.8 Å². The van der Waals surface area contributed by atoms with Gasteiger partial charge in [-0.25, -0.2) is 0 Å². The molecule has 2 bridgehead atoms. The molecule has 1 saturated heterocycles. The van der Waals surface area contributed by atoms with Gasteiger partial charge in [-0.3, -0.25) is 4.79 Å². The lowest BCUT2D eigenvalue weighted by Crippen LogP contribution is -3.16. The summed E-state index contributed by atoms with van der Waals surface area (Å²) in [5.74, 6) is 1.72. The molecule has 3 aliphatic rings. The number of hydrogen-bond acceptors (Lipinski definition) is 1. The molecule has 1 amide bonds. The highest BCUT2D eigenvalue weighted by atomic mass is 16.2. The van der Waals surface area contributed by atoms with E-state index < -0.39 is 0 Å². The van der Waals surface area contributed by atoms with Crippen molar-refractivity contribution in [3.8, 4) is 0 Å². The van der Waals surface area contributed by atoms with E-state index in [9.17, 15) is 4.79 Å². The van der Waals surface area contributed by atoms with Crippen LogP contribution in [0.15, 0.2) is 0 Å². The Kier molecular flexibility index (Phi) is 4.76. The minimum atomic E-state index is -0.00506. The summed E-state index contributed by atoms with van der Waals surface area (Å²) in [6.07, 6.45) is 6.64. The molecule has 1 unspecified atom stereocenters. The van der Waals surface area contributed by atoms with Crippen molar-refractivity contribution < 1.29 is 15.0 Å². The van der Waals surface area contributed by atoms with Crippen LogP contribution >= 0.6 is 0 Å². The van der Waals surface area contributed by atoms with Crippen LogP contribution in [0.4, 0.5) is 0 Å². The van der Waals surface area contributed by atoms with E-state index >= 15 is 0 Å². The van der Waals surface area contributed by atoms with E-state index in [-0.39, 0.29) is 16.9 Å². The number of carbonyl (C=O) groups excluding carboxylic acids is 1. The van der Waals surface area contributed by atoms with Gasteiger partial charge in [0, 0.05) is 18.4 Å². The van der Waals surface area contributed by atoms with E-state index in [1.165, 1.54) is 45.2 Å². The SMILES string of the molecule is CC[NH+]1CCC[C@@H]1C[NH2+]CC(=O)N[C@]1(C)[C@H]2CC[C@H](C2)C1(C)C. The van der Waals surface area contributed by atoms with Gasteiger partial charge in [0.15, 0.2) is 6.54 Å². The van der Waals surface area contributed by atoms with Crippen molar-refractivity contribution in [2.45, 2.75) is 71.4 Å². The normalized spacial score (nSPS) is 41.4. The van der Waals surface area contributed by atoms with Crippen LogP contribution < -0.4 is 15.5 Å². The van der Waals surface area contributed by atoms with Gasteiger partial charge in [0.2, 0.25) is 0 Å². The highest BCUT2D eigenvalue weighted by Crippen LogP contribution is 2.61. The molecule has 2 saturated carbocycles. The zero-order valence-electron chi connectivity index (χ0n) is 15.6. The Balaban J connectivity index is 1.48. The lowest BCUT2D eigenvalue weighted by atomic mass is 9.64. The van der Waals surface area contributed by atoms with Crippen molar-refractivity contribution in [2.24, 2.45) is 17.3 Å². The second-order valence-electron chi connectivity index (χ2n) is 9.01. The molecule has 2 aliphatic carbocycles. The molecule has 0 aromatic heterocycles. The van der Waals surface area contributed by atoms with Gasteiger partial charge in [0.1, 0.15) is 12.6 Å². The predicted molar refractivity (Wildman–Crippen MR) is 92.2 cm³/mol. The number of quaternary nitrogens is 2. The first-order valence-electron chi connectivity index (χ1n) is 9.85. The number of rotatable bonds is 6. The summed E-state index contributed by atoms with van der Waals surface area (Å²) in [4.78, 5) is 14.3. The highest BCUT2D eigenvalue weighted by Gasteiger charge is 2.60. The fourth-order valence-corrected chi connectivity index (χ4v) is 5.86. The average Bonchev–Trinajstić information content (AvgIpc) is 3.18. The fourth-order valence-electron chi connectivity index (χ4n) is 5.86. The van der Waals surface area contributed by atoms with E-state index in [1.807, 2.05) is 0 Å². The summed E-state index contributed by atoms with van der Waals surface area (Å²) in [5, 5.41) is 5.69. The third-order valence-electron chi connectivity index (χ3n) is 7.87. The van der Waals surface area contributed by atoms with Crippen molar-refractivity contribution in [3.63, 3.8) is 0 Å².